The summed E-state index contributed by atoms with van der Waals surface area (Å²) in [5.41, 5.74) is 1.80. The molecule has 3 heteroatoms. The van der Waals surface area contributed by atoms with Crippen LogP contribution >= 0.6 is 11.6 Å². The van der Waals surface area contributed by atoms with E-state index in [9.17, 15) is 4.79 Å². The maximum absolute atomic E-state index is 10.5. The molecule has 1 heterocycles. The molecule has 0 fully saturated rings. The molecule has 0 radical (unpaired) electrons. The molecule has 15 heavy (non-hydrogen) atoms. The van der Waals surface area contributed by atoms with Crippen molar-refractivity contribution in [1.82, 2.24) is 4.98 Å². The summed E-state index contributed by atoms with van der Waals surface area (Å²) in [5.74, 6) is 0. The van der Waals surface area contributed by atoms with Crippen LogP contribution in [-0.4, -0.2) is 10.2 Å². The zero-order valence-electron chi connectivity index (χ0n) is 7.85. The van der Waals surface area contributed by atoms with Crippen molar-refractivity contribution in [1.29, 1.82) is 0 Å². The van der Waals surface area contributed by atoms with Gasteiger partial charge in [-0.2, -0.15) is 0 Å². The molecule has 74 valence electrons. The first-order valence-electron chi connectivity index (χ1n) is 4.48. The van der Waals surface area contributed by atoms with Crippen LogP contribution in [0.1, 0.15) is 5.56 Å². The number of allylic oxidation sites excluding steroid dienone is 1. The Hall–Kier alpha value is -1.67. The third-order valence-electron chi connectivity index (χ3n) is 2.02. The van der Waals surface area contributed by atoms with Crippen LogP contribution in [-0.2, 0) is 4.79 Å². The van der Waals surface area contributed by atoms with Gasteiger partial charge in [0.2, 0.25) is 5.24 Å². The number of hydrogen-bond acceptors (Lipinski definition) is 2. The van der Waals surface area contributed by atoms with E-state index in [1.54, 1.807) is 12.3 Å². The molecule has 0 unspecified atom stereocenters. The molecule has 2 nitrogen and oxygen atoms in total. The first kappa shape index (κ1) is 9.87. The van der Waals surface area contributed by atoms with E-state index in [4.69, 9.17) is 11.6 Å². The third kappa shape index (κ3) is 2.42. The van der Waals surface area contributed by atoms with E-state index in [1.807, 2.05) is 30.3 Å². The van der Waals surface area contributed by atoms with Gasteiger partial charge in [0.25, 0.3) is 0 Å². The fourth-order valence-corrected chi connectivity index (χ4v) is 1.40. The van der Waals surface area contributed by atoms with Gasteiger partial charge in [0.15, 0.2) is 0 Å². The van der Waals surface area contributed by atoms with Crippen molar-refractivity contribution >= 4 is 33.8 Å². The van der Waals surface area contributed by atoms with Crippen molar-refractivity contribution in [2.75, 3.05) is 0 Å². The minimum absolute atomic E-state index is 0.483. The van der Waals surface area contributed by atoms with Crippen molar-refractivity contribution in [2.24, 2.45) is 0 Å². The highest BCUT2D eigenvalue weighted by Gasteiger charge is 1.94. The van der Waals surface area contributed by atoms with Gasteiger partial charge in [0.05, 0.1) is 5.52 Å². The quantitative estimate of drug-likeness (QED) is 0.572. The molecular weight excluding hydrogens is 210 g/mol. The Morgan fingerprint density at radius 2 is 2.13 bits per heavy atom. The van der Waals surface area contributed by atoms with E-state index in [2.05, 4.69) is 4.98 Å². The molecule has 2 aromatic rings. The van der Waals surface area contributed by atoms with Crippen LogP contribution in [0.5, 0.6) is 0 Å². The van der Waals surface area contributed by atoms with Crippen LogP contribution in [0.4, 0.5) is 0 Å². The van der Waals surface area contributed by atoms with E-state index in [-0.39, 0.29) is 0 Å². The Balaban J connectivity index is 2.43. The van der Waals surface area contributed by atoms with Gasteiger partial charge in [0, 0.05) is 11.6 Å². The minimum atomic E-state index is -0.483. The molecular formula is C12H8ClNO. The second-order valence-corrected chi connectivity index (χ2v) is 3.47. The topological polar surface area (TPSA) is 30.0 Å². The van der Waals surface area contributed by atoms with Crippen LogP contribution < -0.4 is 0 Å². The molecule has 0 spiro atoms. The standard InChI is InChI=1S/C12H8ClNO/c13-12(15)6-5-9-7-10-3-1-2-4-11(10)14-8-9/h1-8H/b6-5+. The molecule has 0 saturated carbocycles. The molecule has 0 N–H and O–H groups in total. The van der Waals surface area contributed by atoms with Crippen LogP contribution in [0.15, 0.2) is 42.6 Å². The van der Waals surface area contributed by atoms with Crippen LogP contribution in [0.25, 0.3) is 17.0 Å². The molecule has 0 saturated heterocycles. The SMILES string of the molecule is O=C(Cl)/C=C/c1cnc2ccccc2c1. The number of para-hydroxylation sites is 1. The third-order valence-corrected chi connectivity index (χ3v) is 2.14. The van der Waals surface area contributed by atoms with Crippen LogP contribution in [0.2, 0.25) is 0 Å². The summed E-state index contributed by atoms with van der Waals surface area (Å²) in [6.45, 7) is 0. The van der Waals surface area contributed by atoms with Crippen molar-refractivity contribution in [3.05, 3.63) is 48.2 Å². The van der Waals surface area contributed by atoms with Crippen molar-refractivity contribution in [3.8, 4) is 0 Å². The zero-order valence-corrected chi connectivity index (χ0v) is 8.61. The van der Waals surface area contributed by atoms with Crippen LogP contribution in [0, 0.1) is 0 Å². The number of nitrogens with zero attached hydrogens (tertiary/aromatic N) is 1. The molecule has 0 amide bonds. The largest absolute Gasteiger partial charge is 0.276 e. The molecule has 2 rings (SSSR count). The van der Waals surface area contributed by atoms with Gasteiger partial charge in [-0.3, -0.25) is 9.78 Å². The Kier molecular flexibility index (Phi) is 2.79. The number of halogens is 1. The number of carbonyl (C=O) groups is 1. The summed E-state index contributed by atoms with van der Waals surface area (Å²) in [6, 6.07) is 9.76. The smallest absolute Gasteiger partial charge is 0.245 e. The van der Waals surface area contributed by atoms with Gasteiger partial charge in [-0.15, -0.1) is 0 Å². The van der Waals surface area contributed by atoms with Gasteiger partial charge in [0.1, 0.15) is 0 Å². The predicted molar refractivity (Wildman–Crippen MR) is 61.6 cm³/mol. The molecule has 0 atom stereocenters. The number of aromatic nitrogens is 1. The molecule has 0 aliphatic carbocycles. The molecule has 0 aliphatic rings. The second kappa shape index (κ2) is 4.24. The first-order valence-corrected chi connectivity index (χ1v) is 4.86. The summed E-state index contributed by atoms with van der Waals surface area (Å²) in [5, 5.41) is 0.560. The van der Waals surface area contributed by atoms with Gasteiger partial charge < -0.3 is 0 Å². The average Bonchev–Trinajstić information content (AvgIpc) is 2.26. The lowest BCUT2D eigenvalue weighted by atomic mass is 10.1. The summed E-state index contributed by atoms with van der Waals surface area (Å²) >= 11 is 5.20. The number of rotatable bonds is 2. The first-order chi connectivity index (χ1) is 7.25. The van der Waals surface area contributed by atoms with Gasteiger partial charge in [-0.05, 0) is 41.4 Å². The number of fused-ring (bicyclic) bond motifs is 1. The number of hydrogen-bond donors (Lipinski definition) is 0. The molecule has 1 aromatic heterocycles. The summed E-state index contributed by atoms with van der Waals surface area (Å²) in [6.07, 6.45) is 4.67. The monoisotopic (exact) mass is 217 g/mol. The van der Waals surface area contributed by atoms with Gasteiger partial charge >= 0.3 is 0 Å². The Bertz CT molecular complexity index is 534. The molecule has 0 bridgehead atoms. The Morgan fingerprint density at radius 1 is 1.33 bits per heavy atom. The molecule has 0 aliphatic heterocycles. The maximum atomic E-state index is 10.5. The lowest BCUT2D eigenvalue weighted by Crippen LogP contribution is -1.81. The predicted octanol–water partition coefficient (Wildman–Crippen LogP) is 3.01. The number of pyridine rings is 1. The van der Waals surface area contributed by atoms with Gasteiger partial charge in [-0.25, -0.2) is 0 Å². The van der Waals surface area contributed by atoms with Gasteiger partial charge in [-0.1, -0.05) is 18.2 Å². The summed E-state index contributed by atoms with van der Waals surface area (Å²) in [7, 11) is 0. The normalized spacial score (nSPS) is 11.0. The minimum Gasteiger partial charge on any atom is -0.276 e. The fraction of sp³-hybridized carbons (Fsp3) is 0. The summed E-state index contributed by atoms with van der Waals surface area (Å²) in [4.78, 5) is 14.8. The van der Waals surface area contributed by atoms with E-state index in [1.165, 1.54) is 6.08 Å². The van der Waals surface area contributed by atoms with Crippen LogP contribution in [0.3, 0.4) is 0 Å². The molecule has 1 aromatic carbocycles. The highest BCUT2D eigenvalue weighted by molar-refractivity contribution is 6.66. The number of carbonyl (C=O) groups excluding carboxylic acids is 1. The van der Waals surface area contributed by atoms with Crippen molar-refractivity contribution in [2.45, 2.75) is 0 Å². The highest BCUT2D eigenvalue weighted by Crippen LogP contribution is 2.13. The number of benzene rings is 1. The highest BCUT2D eigenvalue weighted by atomic mass is 35.5. The van der Waals surface area contributed by atoms with E-state index in [0.29, 0.717) is 0 Å². The van der Waals surface area contributed by atoms with Crippen molar-refractivity contribution < 1.29 is 4.79 Å². The maximum Gasteiger partial charge on any atom is 0.245 e. The second-order valence-electron chi connectivity index (χ2n) is 3.10. The zero-order chi connectivity index (χ0) is 10.7. The fourth-order valence-electron chi connectivity index (χ4n) is 1.34. The Morgan fingerprint density at radius 3 is 2.93 bits per heavy atom. The average molecular weight is 218 g/mol. The van der Waals surface area contributed by atoms with E-state index in [0.717, 1.165) is 16.5 Å². The Labute approximate surface area is 92.2 Å². The van der Waals surface area contributed by atoms with E-state index < -0.39 is 5.24 Å². The lowest BCUT2D eigenvalue weighted by Gasteiger charge is -1.97. The van der Waals surface area contributed by atoms with Crippen molar-refractivity contribution in [3.63, 3.8) is 0 Å². The summed E-state index contributed by atoms with van der Waals surface area (Å²) < 4.78 is 0. The lowest BCUT2D eigenvalue weighted by molar-refractivity contribution is -0.107. The van der Waals surface area contributed by atoms with E-state index >= 15 is 0 Å².